The summed E-state index contributed by atoms with van der Waals surface area (Å²) in [5.74, 6) is -0.590. The Morgan fingerprint density at radius 2 is 2.19 bits per heavy atom. The highest BCUT2D eigenvalue weighted by atomic mass is 32.2. The molecule has 1 unspecified atom stereocenters. The Balaban J connectivity index is 2.33. The van der Waals surface area contributed by atoms with Gasteiger partial charge in [-0.2, -0.15) is 4.31 Å². The van der Waals surface area contributed by atoms with E-state index in [1.165, 1.54) is 17.5 Å². The highest BCUT2D eigenvalue weighted by Crippen LogP contribution is 2.27. The Bertz CT molecular complexity index is 624. The summed E-state index contributed by atoms with van der Waals surface area (Å²) in [7, 11) is -2.54. The molecule has 0 saturated carbocycles. The first kappa shape index (κ1) is 15.7. The molecule has 1 aromatic carbocycles. The van der Waals surface area contributed by atoms with Crippen molar-refractivity contribution in [2.75, 3.05) is 32.5 Å². The van der Waals surface area contributed by atoms with Crippen molar-refractivity contribution in [1.29, 1.82) is 0 Å². The third-order valence-electron chi connectivity index (χ3n) is 3.33. The molecule has 1 heterocycles. The minimum atomic E-state index is -3.78. The van der Waals surface area contributed by atoms with Crippen molar-refractivity contribution in [2.45, 2.75) is 17.9 Å². The minimum Gasteiger partial charge on any atom is -0.467 e. The Kier molecular flexibility index (Phi) is 4.50. The highest BCUT2D eigenvalue weighted by molar-refractivity contribution is 7.89. The highest BCUT2D eigenvalue weighted by Gasteiger charge is 2.36. The standard InChI is InChI=1S/C13H18N2O5S/c1-9-4-3-5-10(14)12(9)21(17,18)15-6-7-20-11(8-15)13(16)19-2/h3-5,11H,6-8,14H2,1-2H3. The maximum Gasteiger partial charge on any atom is 0.336 e. The zero-order valence-corrected chi connectivity index (χ0v) is 12.7. The number of carbonyl (C=O) groups is 1. The number of anilines is 1. The summed E-state index contributed by atoms with van der Waals surface area (Å²) in [5.41, 5.74) is 6.56. The van der Waals surface area contributed by atoms with Gasteiger partial charge in [0.1, 0.15) is 4.90 Å². The first-order valence-electron chi connectivity index (χ1n) is 6.42. The van der Waals surface area contributed by atoms with Crippen LogP contribution in [0.3, 0.4) is 0 Å². The van der Waals surface area contributed by atoms with Crippen molar-refractivity contribution in [3.63, 3.8) is 0 Å². The number of nitrogens with zero attached hydrogens (tertiary/aromatic N) is 1. The third kappa shape index (κ3) is 3.02. The van der Waals surface area contributed by atoms with Crippen LogP contribution >= 0.6 is 0 Å². The van der Waals surface area contributed by atoms with Crippen molar-refractivity contribution in [3.05, 3.63) is 23.8 Å². The molecule has 1 atom stereocenters. The van der Waals surface area contributed by atoms with Gasteiger partial charge in [0.2, 0.25) is 10.0 Å². The van der Waals surface area contributed by atoms with Gasteiger partial charge in [0.05, 0.1) is 25.9 Å². The molecule has 8 heteroatoms. The average Bonchev–Trinajstić information content (AvgIpc) is 2.46. The summed E-state index contributed by atoms with van der Waals surface area (Å²) in [6.07, 6.45) is -0.913. The van der Waals surface area contributed by atoms with Gasteiger partial charge in [-0.15, -0.1) is 0 Å². The van der Waals surface area contributed by atoms with Gasteiger partial charge in [0, 0.05) is 6.54 Å². The summed E-state index contributed by atoms with van der Waals surface area (Å²) < 4.78 is 36.5. The van der Waals surface area contributed by atoms with Crippen molar-refractivity contribution >= 4 is 21.7 Å². The van der Waals surface area contributed by atoms with Crippen molar-refractivity contribution < 1.29 is 22.7 Å². The Morgan fingerprint density at radius 3 is 2.81 bits per heavy atom. The Morgan fingerprint density at radius 1 is 1.48 bits per heavy atom. The molecule has 21 heavy (non-hydrogen) atoms. The number of nitrogens with two attached hydrogens (primary N) is 1. The number of esters is 1. The van der Waals surface area contributed by atoms with Crippen LogP contribution < -0.4 is 5.73 Å². The molecule has 7 nitrogen and oxygen atoms in total. The van der Waals surface area contributed by atoms with E-state index in [2.05, 4.69) is 4.74 Å². The molecule has 0 aliphatic carbocycles. The van der Waals surface area contributed by atoms with Crippen molar-refractivity contribution in [3.8, 4) is 0 Å². The fourth-order valence-corrected chi connectivity index (χ4v) is 4.02. The molecule has 0 amide bonds. The van der Waals surface area contributed by atoms with Crippen LogP contribution in [0.15, 0.2) is 23.1 Å². The molecular weight excluding hydrogens is 296 g/mol. The van der Waals surface area contributed by atoms with E-state index in [0.717, 1.165) is 0 Å². The monoisotopic (exact) mass is 314 g/mol. The number of rotatable bonds is 3. The quantitative estimate of drug-likeness (QED) is 0.629. The molecule has 1 aromatic rings. The Hall–Kier alpha value is -1.64. The maximum atomic E-state index is 12.7. The van der Waals surface area contributed by atoms with E-state index in [9.17, 15) is 13.2 Å². The number of hydrogen-bond acceptors (Lipinski definition) is 6. The molecule has 1 aliphatic rings. The molecule has 2 N–H and O–H groups in total. The second kappa shape index (κ2) is 6.00. The van der Waals surface area contributed by atoms with E-state index >= 15 is 0 Å². The number of ether oxygens (including phenoxy) is 2. The molecule has 116 valence electrons. The molecule has 1 fully saturated rings. The van der Waals surface area contributed by atoms with Crippen molar-refractivity contribution in [1.82, 2.24) is 4.31 Å². The zero-order valence-electron chi connectivity index (χ0n) is 11.9. The molecule has 2 rings (SSSR count). The lowest BCUT2D eigenvalue weighted by Gasteiger charge is -2.31. The predicted molar refractivity (Wildman–Crippen MR) is 76.1 cm³/mol. The number of benzene rings is 1. The van der Waals surface area contributed by atoms with Gasteiger partial charge in [-0.05, 0) is 18.6 Å². The SMILES string of the molecule is COC(=O)C1CN(S(=O)(=O)c2c(C)cccc2N)CCO1. The van der Waals surface area contributed by atoms with Gasteiger partial charge in [-0.3, -0.25) is 0 Å². The van der Waals surface area contributed by atoms with Crippen LogP contribution in [0.4, 0.5) is 5.69 Å². The minimum absolute atomic E-state index is 0.0792. The zero-order chi connectivity index (χ0) is 15.6. The van der Waals surface area contributed by atoms with Crippen LogP contribution in [0, 0.1) is 6.92 Å². The number of aryl methyl sites for hydroxylation is 1. The number of nitrogen functional groups attached to an aromatic ring is 1. The Labute approximate surface area is 123 Å². The lowest BCUT2D eigenvalue weighted by atomic mass is 10.2. The predicted octanol–water partition coefficient (Wildman–Crippen LogP) is 0.140. The number of hydrogen-bond donors (Lipinski definition) is 1. The van der Waals surface area contributed by atoms with Gasteiger partial charge in [-0.1, -0.05) is 12.1 Å². The smallest absolute Gasteiger partial charge is 0.336 e. The van der Waals surface area contributed by atoms with E-state index in [0.29, 0.717) is 5.56 Å². The van der Waals surface area contributed by atoms with E-state index in [4.69, 9.17) is 10.5 Å². The summed E-state index contributed by atoms with van der Waals surface area (Å²) >= 11 is 0. The fraction of sp³-hybridized carbons (Fsp3) is 0.462. The molecular formula is C13H18N2O5S. The molecule has 1 saturated heterocycles. The molecule has 0 spiro atoms. The fourth-order valence-electron chi connectivity index (χ4n) is 2.27. The van der Waals surface area contributed by atoms with E-state index < -0.39 is 22.1 Å². The van der Waals surface area contributed by atoms with Crippen LogP contribution in [0.5, 0.6) is 0 Å². The third-order valence-corrected chi connectivity index (χ3v) is 5.42. The lowest BCUT2D eigenvalue weighted by Crippen LogP contribution is -2.49. The molecule has 1 aliphatic heterocycles. The van der Waals surface area contributed by atoms with Gasteiger partial charge in [0.15, 0.2) is 6.10 Å². The lowest BCUT2D eigenvalue weighted by molar-refractivity contribution is -0.157. The molecule has 0 radical (unpaired) electrons. The second-order valence-electron chi connectivity index (χ2n) is 4.74. The molecule has 0 aromatic heterocycles. The summed E-state index contributed by atoms with van der Waals surface area (Å²) in [6.45, 7) is 1.90. The van der Waals surface area contributed by atoms with Gasteiger partial charge in [-0.25, -0.2) is 13.2 Å². The van der Waals surface area contributed by atoms with E-state index in [-0.39, 0.29) is 30.3 Å². The van der Waals surface area contributed by atoms with E-state index in [1.54, 1.807) is 19.1 Å². The molecule has 0 bridgehead atoms. The van der Waals surface area contributed by atoms with Gasteiger partial charge in [0.25, 0.3) is 0 Å². The topological polar surface area (TPSA) is 98.9 Å². The average molecular weight is 314 g/mol. The van der Waals surface area contributed by atoms with Gasteiger partial charge >= 0.3 is 5.97 Å². The van der Waals surface area contributed by atoms with Crippen LogP contribution in [0.2, 0.25) is 0 Å². The van der Waals surface area contributed by atoms with Crippen LogP contribution in [0.25, 0.3) is 0 Å². The first-order chi connectivity index (χ1) is 9.87. The largest absolute Gasteiger partial charge is 0.467 e. The maximum absolute atomic E-state index is 12.7. The normalized spacial score (nSPS) is 20.2. The summed E-state index contributed by atoms with van der Waals surface area (Å²) in [6, 6.07) is 4.92. The summed E-state index contributed by atoms with van der Waals surface area (Å²) in [5, 5.41) is 0. The van der Waals surface area contributed by atoms with Crippen molar-refractivity contribution in [2.24, 2.45) is 0 Å². The number of morpholine rings is 1. The number of sulfonamides is 1. The van der Waals surface area contributed by atoms with Crippen LogP contribution in [-0.4, -0.2) is 51.6 Å². The number of carbonyl (C=O) groups excluding carboxylic acids is 1. The van der Waals surface area contributed by atoms with Crippen LogP contribution in [-0.2, 0) is 24.3 Å². The first-order valence-corrected chi connectivity index (χ1v) is 7.86. The second-order valence-corrected chi connectivity index (χ2v) is 6.61. The summed E-state index contributed by atoms with van der Waals surface area (Å²) in [4.78, 5) is 11.6. The van der Waals surface area contributed by atoms with Crippen LogP contribution in [0.1, 0.15) is 5.56 Å². The van der Waals surface area contributed by atoms with E-state index in [1.807, 2.05) is 0 Å². The van der Waals surface area contributed by atoms with Gasteiger partial charge < -0.3 is 15.2 Å². The number of methoxy groups -OCH3 is 1.